The van der Waals surface area contributed by atoms with Gasteiger partial charge in [-0.3, -0.25) is 10.1 Å². The van der Waals surface area contributed by atoms with Gasteiger partial charge in [0.05, 0.1) is 12.7 Å². The van der Waals surface area contributed by atoms with Crippen molar-refractivity contribution in [2.45, 2.75) is 45.2 Å². The fourth-order valence-corrected chi connectivity index (χ4v) is 1.91. The fourth-order valence-electron chi connectivity index (χ4n) is 1.91. The maximum atomic E-state index is 11.9. The standard InChI is InChI=1S/C11H22N2O2/c1-4-5-10-11(14)13(8-12-10)9(2)6-7-15-3/h9-10,12H,4-8H2,1-3H3. The maximum Gasteiger partial charge on any atom is 0.241 e. The van der Waals surface area contributed by atoms with Gasteiger partial charge in [-0.1, -0.05) is 13.3 Å². The smallest absolute Gasteiger partial charge is 0.241 e. The van der Waals surface area contributed by atoms with Crippen molar-refractivity contribution in [1.29, 1.82) is 0 Å². The van der Waals surface area contributed by atoms with Gasteiger partial charge in [0.25, 0.3) is 0 Å². The molecule has 15 heavy (non-hydrogen) atoms. The summed E-state index contributed by atoms with van der Waals surface area (Å²) in [5.74, 6) is 0.250. The first kappa shape index (κ1) is 12.5. The predicted octanol–water partition coefficient (Wildman–Crippen LogP) is 0.969. The van der Waals surface area contributed by atoms with E-state index in [0.717, 1.165) is 19.3 Å². The Hall–Kier alpha value is -0.610. The Morgan fingerprint density at radius 3 is 3.00 bits per heavy atom. The van der Waals surface area contributed by atoms with Crippen molar-refractivity contribution < 1.29 is 9.53 Å². The van der Waals surface area contributed by atoms with Crippen molar-refractivity contribution in [3.8, 4) is 0 Å². The lowest BCUT2D eigenvalue weighted by Gasteiger charge is -2.23. The average molecular weight is 214 g/mol. The van der Waals surface area contributed by atoms with Crippen LogP contribution in [0.3, 0.4) is 0 Å². The van der Waals surface area contributed by atoms with Crippen molar-refractivity contribution in [2.75, 3.05) is 20.4 Å². The zero-order valence-electron chi connectivity index (χ0n) is 9.95. The van der Waals surface area contributed by atoms with Crippen LogP contribution in [-0.4, -0.2) is 43.3 Å². The second kappa shape index (κ2) is 6.08. The molecule has 0 aromatic carbocycles. The Morgan fingerprint density at radius 1 is 1.67 bits per heavy atom. The van der Waals surface area contributed by atoms with E-state index < -0.39 is 0 Å². The third-order valence-electron chi connectivity index (χ3n) is 2.94. The number of nitrogens with one attached hydrogen (secondary N) is 1. The van der Waals surface area contributed by atoms with Crippen molar-refractivity contribution in [2.24, 2.45) is 0 Å². The highest BCUT2D eigenvalue weighted by Crippen LogP contribution is 2.13. The van der Waals surface area contributed by atoms with Crippen LogP contribution < -0.4 is 5.32 Å². The molecule has 2 atom stereocenters. The predicted molar refractivity (Wildman–Crippen MR) is 59.5 cm³/mol. The molecule has 1 N–H and O–H groups in total. The summed E-state index contributed by atoms with van der Waals surface area (Å²) in [4.78, 5) is 13.8. The van der Waals surface area contributed by atoms with Crippen LogP contribution in [0.2, 0.25) is 0 Å². The molecule has 0 aromatic rings. The number of rotatable bonds is 6. The summed E-state index contributed by atoms with van der Waals surface area (Å²) in [6, 6.07) is 0.312. The van der Waals surface area contributed by atoms with Crippen LogP contribution in [0.5, 0.6) is 0 Å². The summed E-state index contributed by atoms with van der Waals surface area (Å²) >= 11 is 0. The fraction of sp³-hybridized carbons (Fsp3) is 0.909. The third kappa shape index (κ3) is 3.18. The van der Waals surface area contributed by atoms with Gasteiger partial charge in [-0.2, -0.15) is 0 Å². The first-order chi connectivity index (χ1) is 7.20. The molecule has 0 radical (unpaired) electrons. The lowest BCUT2D eigenvalue weighted by atomic mass is 10.1. The van der Waals surface area contributed by atoms with Crippen LogP contribution in [-0.2, 0) is 9.53 Å². The zero-order valence-corrected chi connectivity index (χ0v) is 9.95. The Bertz CT molecular complexity index is 209. The van der Waals surface area contributed by atoms with E-state index in [1.54, 1.807) is 7.11 Å². The summed E-state index contributed by atoms with van der Waals surface area (Å²) in [5, 5.41) is 3.25. The molecule has 1 saturated heterocycles. The van der Waals surface area contributed by atoms with Crippen LogP contribution >= 0.6 is 0 Å². The number of carbonyl (C=O) groups is 1. The molecule has 4 nitrogen and oxygen atoms in total. The molecule has 0 bridgehead atoms. The first-order valence-corrected chi connectivity index (χ1v) is 5.73. The van der Waals surface area contributed by atoms with E-state index in [4.69, 9.17) is 4.74 Å². The molecular weight excluding hydrogens is 192 g/mol. The van der Waals surface area contributed by atoms with E-state index in [1.165, 1.54) is 0 Å². The Morgan fingerprint density at radius 2 is 2.40 bits per heavy atom. The van der Waals surface area contributed by atoms with Gasteiger partial charge >= 0.3 is 0 Å². The summed E-state index contributed by atoms with van der Waals surface area (Å²) in [6.45, 7) is 5.58. The van der Waals surface area contributed by atoms with E-state index in [1.807, 2.05) is 4.90 Å². The minimum Gasteiger partial charge on any atom is -0.385 e. The summed E-state index contributed by atoms with van der Waals surface area (Å²) in [6.07, 6.45) is 2.89. The number of methoxy groups -OCH3 is 1. The Balaban J connectivity index is 2.40. The quantitative estimate of drug-likeness (QED) is 0.716. The molecule has 0 saturated carbocycles. The molecule has 0 spiro atoms. The number of amides is 1. The van der Waals surface area contributed by atoms with Crippen LogP contribution in [0.4, 0.5) is 0 Å². The molecule has 0 aliphatic carbocycles. The van der Waals surface area contributed by atoms with Gasteiger partial charge in [-0.25, -0.2) is 0 Å². The monoisotopic (exact) mass is 214 g/mol. The minimum atomic E-state index is 0.0417. The lowest BCUT2D eigenvalue weighted by Crippen LogP contribution is -2.37. The highest BCUT2D eigenvalue weighted by Gasteiger charge is 2.32. The van der Waals surface area contributed by atoms with E-state index in [-0.39, 0.29) is 18.0 Å². The summed E-state index contributed by atoms with van der Waals surface area (Å²) in [5.41, 5.74) is 0. The van der Waals surface area contributed by atoms with Gasteiger partial charge in [0.2, 0.25) is 5.91 Å². The highest BCUT2D eigenvalue weighted by atomic mass is 16.5. The Labute approximate surface area is 92.0 Å². The number of hydrogen-bond donors (Lipinski definition) is 1. The van der Waals surface area contributed by atoms with Crippen LogP contribution in [0.15, 0.2) is 0 Å². The van der Waals surface area contributed by atoms with E-state index in [0.29, 0.717) is 13.3 Å². The summed E-state index contributed by atoms with van der Waals surface area (Å²) in [7, 11) is 1.69. The number of hydrogen-bond acceptors (Lipinski definition) is 3. The van der Waals surface area contributed by atoms with Crippen molar-refractivity contribution >= 4 is 5.91 Å². The third-order valence-corrected chi connectivity index (χ3v) is 2.94. The van der Waals surface area contributed by atoms with Crippen LogP contribution in [0.1, 0.15) is 33.1 Å². The normalized spacial score (nSPS) is 23.5. The topological polar surface area (TPSA) is 41.6 Å². The summed E-state index contributed by atoms with van der Waals surface area (Å²) < 4.78 is 5.02. The van der Waals surface area contributed by atoms with Crippen LogP contribution in [0, 0.1) is 0 Å². The first-order valence-electron chi connectivity index (χ1n) is 5.73. The molecule has 1 aliphatic rings. The molecule has 1 aliphatic heterocycles. The molecule has 4 heteroatoms. The van der Waals surface area contributed by atoms with Gasteiger partial charge in [0.1, 0.15) is 0 Å². The molecule has 88 valence electrons. The highest BCUT2D eigenvalue weighted by molar-refractivity contribution is 5.83. The maximum absolute atomic E-state index is 11.9. The lowest BCUT2D eigenvalue weighted by molar-refractivity contribution is -0.130. The molecular formula is C11H22N2O2. The second-order valence-electron chi connectivity index (χ2n) is 4.14. The van der Waals surface area contributed by atoms with Gasteiger partial charge < -0.3 is 9.64 Å². The zero-order chi connectivity index (χ0) is 11.3. The molecule has 1 heterocycles. The van der Waals surface area contributed by atoms with Gasteiger partial charge in [0, 0.05) is 19.8 Å². The van der Waals surface area contributed by atoms with Gasteiger partial charge in [0.15, 0.2) is 0 Å². The average Bonchev–Trinajstić information content (AvgIpc) is 2.58. The van der Waals surface area contributed by atoms with Crippen molar-refractivity contribution in [3.05, 3.63) is 0 Å². The van der Waals surface area contributed by atoms with Gasteiger partial charge in [-0.05, 0) is 19.8 Å². The van der Waals surface area contributed by atoms with Crippen molar-refractivity contribution in [3.63, 3.8) is 0 Å². The SMILES string of the molecule is CCCC1NCN(C(C)CCOC)C1=O. The van der Waals surface area contributed by atoms with E-state index >= 15 is 0 Å². The number of ether oxygens (including phenoxy) is 1. The molecule has 1 rings (SSSR count). The molecule has 2 unspecified atom stereocenters. The minimum absolute atomic E-state index is 0.0417. The van der Waals surface area contributed by atoms with E-state index in [2.05, 4.69) is 19.2 Å². The molecule has 1 amide bonds. The number of nitrogens with zero attached hydrogens (tertiary/aromatic N) is 1. The Kier molecular flexibility index (Phi) is 5.05. The molecule has 1 fully saturated rings. The van der Waals surface area contributed by atoms with E-state index in [9.17, 15) is 4.79 Å². The molecule has 0 aromatic heterocycles. The second-order valence-corrected chi connectivity index (χ2v) is 4.14. The largest absolute Gasteiger partial charge is 0.385 e. The number of carbonyl (C=O) groups excluding carboxylic acids is 1. The van der Waals surface area contributed by atoms with Crippen molar-refractivity contribution in [1.82, 2.24) is 10.2 Å². The van der Waals surface area contributed by atoms with Gasteiger partial charge in [-0.15, -0.1) is 0 Å². The van der Waals surface area contributed by atoms with Crippen LogP contribution in [0.25, 0.3) is 0 Å².